The molecular formula is C15H23ClNO+. The van der Waals surface area contributed by atoms with E-state index in [0.29, 0.717) is 5.02 Å². The molecule has 100 valence electrons. The maximum absolute atomic E-state index is 6.08. The van der Waals surface area contributed by atoms with E-state index in [1.165, 1.54) is 44.5 Å². The monoisotopic (exact) mass is 268 g/mol. The van der Waals surface area contributed by atoms with Crippen LogP contribution in [0.3, 0.4) is 0 Å². The molecule has 3 heteroatoms. The van der Waals surface area contributed by atoms with Gasteiger partial charge in [-0.2, -0.15) is 0 Å². The first kappa shape index (κ1) is 13.7. The standard InChI is InChI=1S/C15H22ClNO/c1-13-6-7-14(16)15(12-13)18-11-5-4-10-17-8-2-3-9-17/h6-7,12H,2-5,8-11H2,1H3/p+1. The highest BCUT2D eigenvalue weighted by atomic mass is 35.5. The normalized spacial score (nSPS) is 16.1. The topological polar surface area (TPSA) is 13.7 Å². The minimum atomic E-state index is 0.714. The summed E-state index contributed by atoms with van der Waals surface area (Å²) in [5.41, 5.74) is 1.19. The number of ether oxygens (including phenoxy) is 1. The summed E-state index contributed by atoms with van der Waals surface area (Å²) in [6, 6.07) is 5.92. The van der Waals surface area contributed by atoms with E-state index >= 15 is 0 Å². The Labute approximate surface area is 115 Å². The zero-order valence-corrected chi connectivity index (χ0v) is 11.9. The molecule has 0 aromatic heterocycles. The van der Waals surface area contributed by atoms with E-state index in [9.17, 15) is 0 Å². The molecule has 18 heavy (non-hydrogen) atoms. The number of quaternary nitrogens is 1. The molecule has 1 aliphatic heterocycles. The van der Waals surface area contributed by atoms with Gasteiger partial charge in [-0.15, -0.1) is 0 Å². The van der Waals surface area contributed by atoms with Gasteiger partial charge in [0, 0.05) is 12.8 Å². The summed E-state index contributed by atoms with van der Waals surface area (Å²) in [6.45, 7) is 6.86. The number of hydrogen-bond donors (Lipinski definition) is 1. The van der Waals surface area contributed by atoms with Crippen LogP contribution in [0.25, 0.3) is 0 Å². The molecule has 0 spiro atoms. The average Bonchev–Trinajstić information content (AvgIpc) is 2.86. The second-order valence-electron chi connectivity index (χ2n) is 5.20. The van der Waals surface area contributed by atoms with Gasteiger partial charge in [0.05, 0.1) is 31.3 Å². The van der Waals surface area contributed by atoms with Crippen molar-refractivity contribution in [2.24, 2.45) is 0 Å². The van der Waals surface area contributed by atoms with E-state index in [-0.39, 0.29) is 0 Å². The van der Waals surface area contributed by atoms with Crippen molar-refractivity contribution in [1.82, 2.24) is 0 Å². The predicted molar refractivity (Wildman–Crippen MR) is 75.7 cm³/mol. The first-order chi connectivity index (χ1) is 8.75. The van der Waals surface area contributed by atoms with E-state index in [1.54, 1.807) is 4.90 Å². The summed E-state index contributed by atoms with van der Waals surface area (Å²) in [5, 5.41) is 0.714. The Morgan fingerprint density at radius 2 is 2.00 bits per heavy atom. The van der Waals surface area contributed by atoms with Crippen molar-refractivity contribution in [3.63, 3.8) is 0 Å². The number of aryl methyl sites for hydroxylation is 1. The van der Waals surface area contributed by atoms with Gasteiger partial charge in [0.15, 0.2) is 0 Å². The third-order valence-electron chi connectivity index (χ3n) is 3.58. The molecule has 1 heterocycles. The van der Waals surface area contributed by atoms with Crippen molar-refractivity contribution in [3.05, 3.63) is 28.8 Å². The highest BCUT2D eigenvalue weighted by molar-refractivity contribution is 6.32. The van der Waals surface area contributed by atoms with E-state index < -0.39 is 0 Å². The van der Waals surface area contributed by atoms with Crippen LogP contribution in [0.1, 0.15) is 31.2 Å². The quantitative estimate of drug-likeness (QED) is 0.783. The van der Waals surface area contributed by atoms with Crippen molar-refractivity contribution in [3.8, 4) is 5.75 Å². The molecule has 0 atom stereocenters. The minimum Gasteiger partial charge on any atom is -0.492 e. The molecule has 0 amide bonds. The lowest BCUT2D eigenvalue weighted by Crippen LogP contribution is -3.09. The van der Waals surface area contributed by atoms with Gasteiger partial charge in [-0.3, -0.25) is 0 Å². The molecule has 1 aliphatic rings. The van der Waals surface area contributed by atoms with Crippen LogP contribution >= 0.6 is 11.6 Å². The zero-order valence-electron chi connectivity index (χ0n) is 11.2. The van der Waals surface area contributed by atoms with E-state index in [2.05, 4.69) is 6.92 Å². The van der Waals surface area contributed by atoms with Gasteiger partial charge in [-0.25, -0.2) is 0 Å². The minimum absolute atomic E-state index is 0.714. The molecule has 1 aromatic carbocycles. The highest BCUT2D eigenvalue weighted by Gasteiger charge is 2.13. The molecule has 0 aliphatic carbocycles. The summed E-state index contributed by atoms with van der Waals surface area (Å²) in [5.74, 6) is 0.824. The van der Waals surface area contributed by atoms with Gasteiger partial charge in [0.25, 0.3) is 0 Å². The van der Waals surface area contributed by atoms with Crippen LogP contribution in [0.5, 0.6) is 5.75 Å². The summed E-state index contributed by atoms with van der Waals surface area (Å²) in [6.07, 6.45) is 5.18. The first-order valence-corrected chi connectivity index (χ1v) is 7.36. The first-order valence-electron chi connectivity index (χ1n) is 6.98. The van der Waals surface area contributed by atoms with E-state index in [4.69, 9.17) is 16.3 Å². The Balaban J connectivity index is 1.64. The second-order valence-corrected chi connectivity index (χ2v) is 5.60. The fourth-order valence-corrected chi connectivity index (χ4v) is 2.68. The van der Waals surface area contributed by atoms with Crippen molar-refractivity contribution in [1.29, 1.82) is 0 Å². The van der Waals surface area contributed by atoms with Crippen LogP contribution in [0.15, 0.2) is 18.2 Å². The van der Waals surface area contributed by atoms with Crippen LogP contribution in [0.2, 0.25) is 5.02 Å². The molecule has 0 bridgehead atoms. The van der Waals surface area contributed by atoms with E-state index in [1.807, 2.05) is 18.2 Å². The molecule has 1 aromatic rings. The SMILES string of the molecule is Cc1ccc(Cl)c(OCCCC[NH+]2CCCC2)c1. The lowest BCUT2D eigenvalue weighted by atomic mass is 10.2. The molecule has 1 saturated heterocycles. The molecule has 1 N–H and O–H groups in total. The van der Waals surface area contributed by atoms with Crippen LogP contribution in [0, 0.1) is 6.92 Å². The van der Waals surface area contributed by atoms with Crippen LogP contribution < -0.4 is 9.64 Å². The van der Waals surface area contributed by atoms with Crippen LogP contribution in [-0.4, -0.2) is 26.2 Å². The number of rotatable bonds is 6. The van der Waals surface area contributed by atoms with Gasteiger partial charge in [0.2, 0.25) is 0 Å². The summed E-state index contributed by atoms with van der Waals surface area (Å²) >= 11 is 6.08. The number of halogens is 1. The smallest absolute Gasteiger partial charge is 0.138 e. The lowest BCUT2D eigenvalue weighted by Gasteiger charge is -2.12. The summed E-state index contributed by atoms with van der Waals surface area (Å²) in [7, 11) is 0. The fourth-order valence-electron chi connectivity index (χ4n) is 2.51. The summed E-state index contributed by atoms with van der Waals surface area (Å²) in [4.78, 5) is 1.77. The molecule has 2 rings (SSSR count). The molecule has 0 saturated carbocycles. The van der Waals surface area contributed by atoms with Gasteiger partial charge in [-0.05, 0) is 37.5 Å². The molecular weight excluding hydrogens is 246 g/mol. The number of nitrogens with one attached hydrogen (secondary N) is 1. The maximum Gasteiger partial charge on any atom is 0.138 e. The third kappa shape index (κ3) is 4.18. The van der Waals surface area contributed by atoms with Crippen LogP contribution in [0.4, 0.5) is 0 Å². The molecule has 0 unspecified atom stereocenters. The van der Waals surface area contributed by atoms with Gasteiger partial charge < -0.3 is 9.64 Å². The lowest BCUT2D eigenvalue weighted by molar-refractivity contribution is -0.887. The van der Waals surface area contributed by atoms with Crippen molar-refractivity contribution >= 4 is 11.6 Å². The van der Waals surface area contributed by atoms with Crippen LogP contribution in [-0.2, 0) is 0 Å². The maximum atomic E-state index is 6.08. The number of likely N-dealkylation sites (tertiary alicyclic amines) is 1. The molecule has 2 nitrogen and oxygen atoms in total. The largest absolute Gasteiger partial charge is 0.492 e. The molecule has 0 radical (unpaired) electrons. The second kappa shape index (κ2) is 7.01. The van der Waals surface area contributed by atoms with Gasteiger partial charge in [-0.1, -0.05) is 17.7 Å². The fraction of sp³-hybridized carbons (Fsp3) is 0.600. The Morgan fingerprint density at radius 1 is 1.22 bits per heavy atom. The summed E-state index contributed by atoms with van der Waals surface area (Å²) < 4.78 is 5.74. The van der Waals surface area contributed by atoms with Crippen molar-refractivity contribution in [2.75, 3.05) is 26.2 Å². The van der Waals surface area contributed by atoms with Crippen molar-refractivity contribution < 1.29 is 9.64 Å². The Morgan fingerprint density at radius 3 is 2.78 bits per heavy atom. The number of hydrogen-bond acceptors (Lipinski definition) is 1. The average molecular weight is 269 g/mol. The number of benzene rings is 1. The Bertz CT molecular complexity index is 375. The van der Waals surface area contributed by atoms with Gasteiger partial charge in [0.1, 0.15) is 5.75 Å². The Kier molecular flexibility index (Phi) is 5.33. The van der Waals surface area contributed by atoms with E-state index in [0.717, 1.165) is 18.8 Å². The Hall–Kier alpha value is -0.730. The number of unbranched alkanes of at least 4 members (excludes halogenated alkanes) is 1. The van der Waals surface area contributed by atoms with Crippen molar-refractivity contribution in [2.45, 2.75) is 32.6 Å². The highest BCUT2D eigenvalue weighted by Crippen LogP contribution is 2.25. The predicted octanol–water partition coefficient (Wildman–Crippen LogP) is 2.49. The third-order valence-corrected chi connectivity index (χ3v) is 3.89. The zero-order chi connectivity index (χ0) is 12.8. The molecule has 1 fully saturated rings. The van der Waals surface area contributed by atoms with Gasteiger partial charge >= 0.3 is 0 Å².